The molecule has 0 N–H and O–H groups in total. The number of hydrogen-bond donors (Lipinski definition) is 0. The predicted octanol–water partition coefficient (Wildman–Crippen LogP) is 3.67. The van der Waals surface area contributed by atoms with E-state index in [1.807, 2.05) is 32.8 Å². The maximum Gasteiger partial charge on any atom is 0.202 e. The molecular formula is C18H20F2N6S. The molecular weight excluding hydrogens is 370 g/mol. The molecule has 1 atom stereocenters. The van der Waals surface area contributed by atoms with Crippen molar-refractivity contribution in [1.82, 2.24) is 29.6 Å². The lowest BCUT2D eigenvalue weighted by Gasteiger charge is -2.20. The van der Waals surface area contributed by atoms with E-state index in [1.165, 1.54) is 18.5 Å². The number of benzene rings is 1. The first-order valence-corrected chi connectivity index (χ1v) is 9.29. The third-order valence-electron chi connectivity index (χ3n) is 4.24. The van der Waals surface area contributed by atoms with Crippen LogP contribution < -0.4 is 0 Å². The number of aryl methyl sites for hydroxylation is 1. The SMILES string of the molecule is CCc1ncnc(Sc2nnc(C(C)N(C)C)n2-c2ccc(F)cc2)c1F. The van der Waals surface area contributed by atoms with Gasteiger partial charge in [0.2, 0.25) is 5.16 Å². The van der Waals surface area contributed by atoms with Crippen LogP contribution in [0.4, 0.5) is 8.78 Å². The Morgan fingerprint density at radius 1 is 1.11 bits per heavy atom. The summed E-state index contributed by atoms with van der Waals surface area (Å²) in [5.41, 5.74) is 1.04. The number of aromatic nitrogens is 5. The van der Waals surface area contributed by atoms with Crippen LogP contribution in [0.3, 0.4) is 0 Å². The molecule has 6 nitrogen and oxygen atoms in total. The van der Waals surface area contributed by atoms with Crippen molar-refractivity contribution in [2.45, 2.75) is 36.5 Å². The average molecular weight is 390 g/mol. The van der Waals surface area contributed by atoms with Gasteiger partial charge in [-0.3, -0.25) is 9.47 Å². The molecule has 0 aliphatic heterocycles. The lowest BCUT2D eigenvalue weighted by atomic mass is 10.2. The first-order valence-electron chi connectivity index (χ1n) is 8.47. The van der Waals surface area contributed by atoms with E-state index >= 15 is 0 Å². The van der Waals surface area contributed by atoms with Crippen molar-refractivity contribution >= 4 is 11.8 Å². The lowest BCUT2D eigenvalue weighted by Crippen LogP contribution is -2.20. The van der Waals surface area contributed by atoms with Gasteiger partial charge >= 0.3 is 0 Å². The molecule has 0 radical (unpaired) electrons. The first kappa shape index (κ1) is 19.4. The van der Waals surface area contributed by atoms with E-state index in [-0.39, 0.29) is 16.9 Å². The van der Waals surface area contributed by atoms with Crippen LogP contribution in [-0.4, -0.2) is 43.7 Å². The van der Waals surface area contributed by atoms with Crippen molar-refractivity contribution in [1.29, 1.82) is 0 Å². The Morgan fingerprint density at radius 3 is 2.44 bits per heavy atom. The Hall–Kier alpha value is -2.39. The second-order valence-electron chi connectivity index (χ2n) is 6.19. The Bertz CT molecular complexity index is 926. The fraction of sp³-hybridized carbons (Fsp3) is 0.333. The third kappa shape index (κ3) is 3.98. The lowest BCUT2D eigenvalue weighted by molar-refractivity contribution is 0.305. The zero-order valence-electron chi connectivity index (χ0n) is 15.5. The number of halogens is 2. The quantitative estimate of drug-likeness (QED) is 0.599. The Labute approximate surface area is 160 Å². The van der Waals surface area contributed by atoms with Crippen LogP contribution in [0, 0.1) is 11.6 Å². The molecule has 0 saturated carbocycles. The molecule has 2 heterocycles. The van der Waals surface area contributed by atoms with Crippen LogP contribution in [0.15, 0.2) is 40.8 Å². The van der Waals surface area contributed by atoms with Crippen LogP contribution in [0.25, 0.3) is 5.69 Å². The molecule has 3 rings (SSSR count). The summed E-state index contributed by atoms with van der Waals surface area (Å²) in [6.07, 6.45) is 1.81. The fourth-order valence-electron chi connectivity index (χ4n) is 2.47. The molecule has 0 aliphatic rings. The highest BCUT2D eigenvalue weighted by Gasteiger charge is 2.23. The molecule has 0 aliphatic carbocycles. The highest BCUT2D eigenvalue weighted by molar-refractivity contribution is 7.99. The van der Waals surface area contributed by atoms with E-state index in [1.54, 1.807) is 16.7 Å². The van der Waals surface area contributed by atoms with Crippen LogP contribution in [0.2, 0.25) is 0 Å². The largest absolute Gasteiger partial charge is 0.300 e. The van der Waals surface area contributed by atoms with Crippen LogP contribution >= 0.6 is 11.8 Å². The van der Waals surface area contributed by atoms with Gasteiger partial charge in [-0.1, -0.05) is 6.92 Å². The molecule has 1 unspecified atom stereocenters. The van der Waals surface area contributed by atoms with E-state index in [2.05, 4.69) is 20.2 Å². The maximum absolute atomic E-state index is 14.6. The van der Waals surface area contributed by atoms with Crippen LogP contribution in [-0.2, 0) is 6.42 Å². The van der Waals surface area contributed by atoms with Gasteiger partial charge in [-0.2, -0.15) is 0 Å². The van der Waals surface area contributed by atoms with Gasteiger partial charge < -0.3 is 0 Å². The van der Waals surface area contributed by atoms with Gasteiger partial charge in [0.15, 0.2) is 11.6 Å². The van der Waals surface area contributed by atoms with Crippen LogP contribution in [0.1, 0.15) is 31.4 Å². The van der Waals surface area contributed by atoms with Gasteiger partial charge in [0.1, 0.15) is 17.2 Å². The molecule has 0 saturated heterocycles. The van der Waals surface area contributed by atoms with Gasteiger partial charge in [-0.05, 0) is 63.5 Å². The Balaban J connectivity index is 2.09. The van der Waals surface area contributed by atoms with E-state index in [0.717, 1.165) is 11.8 Å². The van der Waals surface area contributed by atoms with Crippen molar-refractivity contribution in [3.05, 3.63) is 53.7 Å². The number of nitrogens with zero attached hydrogens (tertiary/aromatic N) is 6. The van der Waals surface area contributed by atoms with Crippen molar-refractivity contribution in [3.63, 3.8) is 0 Å². The van der Waals surface area contributed by atoms with Crippen molar-refractivity contribution < 1.29 is 8.78 Å². The minimum atomic E-state index is -0.458. The highest BCUT2D eigenvalue weighted by Crippen LogP contribution is 2.32. The normalized spacial score (nSPS) is 12.6. The van der Waals surface area contributed by atoms with Gasteiger partial charge in [0.05, 0.1) is 11.7 Å². The molecule has 9 heteroatoms. The molecule has 3 aromatic rings. The minimum absolute atomic E-state index is 0.0571. The topological polar surface area (TPSA) is 59.7 Å². The molecule has 0 amide bonds. The summed E-state index contributed by atoms with van der Waals surface area (Å²) in [5.74, 6) is -0.127. The fourth-order valence-corrected chi connectivity index (χ4v) is 3.33. The summed E-state index contributed by atoms with van der Waals surface area (Å²) < 4.78 is 29.8. The van der Waals surface area contributed by atoms with Crippen LogP contribution in [0.5, 0.6) is 0 Å². The molecule has 27 heavy (non-hydrogen) atoms. The Kier molecular flexibility index (Phi) is 5.81. The number of rotatable bonds is 6. The summed E-state index contributed by atoms with van der Waals surface area (Å²) in [4.78, 5) is 9.99. The smallest absolute Gasteiger partial charge is 0.202 e. The molecule has 0 fully saturated rings. The van der Waals surface area contributed by atoms with Gasteiger partial charge in [0, 0.05) is 5.69 Å². The predicted molar refractivity (Wildman–Crippen MR) is 98.9 cm³/mol. The van der Waals surface area contributed by atoms with E-state index in [0.29, 0.717) is 28.8 Å². The average Bonchev–Trinajstić information content (AvgIpc) is 3.06. The summed E-state index contributed by atoms with van der Waals surface area (Å²) in [5, 5.41) is 9.17. The van der Waals surface area contributed by atoms with Crippen molar-refractivity contribution in [2.24, 2.45) is 0 Å². The minimum Gasteiger partial charge on any atom is -0.300 e. The second kappa shape index (κ2) is 8.10. The van der Waals surface area contributed by atoms with E-state index < -0.39 is 5.82 Å². The molecule has 0 bridgehead atoms. The zero-order chi connectivity index (χ0) is 19.6. The molecule has 142 valence electrons. The summed E-state index contributed by atoms with van der Waals surface area (Å²) in [6.45, 7) is 3.82. The van der Waals surface area contributed by atoms with E-state index in [9.17, 15) is 8.78 Å². The third-order valence-corrected chi connectivity index (χ3v) is 5.17. The van der Waals surface area contributed by atoms with Crippen molar-refractivity contribution in [3.8, 4) is 5.69 Å². The Morgan fingerprint density at radius 2 is 1.81 bits per heavy atom. The monoisotopic (exact) mass is 390 g/mol. The maximum atomic E-state index is 14.6. The van der Waals surface area contributed by atoms with Gasteiger partial charge in [0.25, 0.3) is 0 Å². The highest BCUT2D eigenvalue weighted by atomic mass is 32.2. The molecule has 0 spiro atoms. The molecule has 1 aromatic carbocycles. The zero-order valence-corrected chi connectivity index (χ0v) is 16.3. The first-order chi connectivity index (χ1) is 12.9. The molecule has 2 aromatic heterocycles. The number of hydrogen-bond acceptors (Lipinski definition) is 6. The second-order valence-corrected chi connectivity index (χ2v) is 7.14. The van der Waals surface area contributed by atoms with Gasteiger partial charge in [-0.15, -0.1) is 10.2 Å². The standard InChI is InChI=1S/C18H20F2N6S/c1-5-14-15(20)17(22-10-21-14)27-18-24-23-16(11(2)25(3)4)26(18)13-8-6-12(19)7-9-13/h6-11H,5H2,1-4H3. The van der Waals surface area contributed by atoms with E-state index in [4.69, 9.17) is 0 Å². The van der Waals surface area contributed by atoms with Crippen molar-refractivity contribution in [2.75, 3.05) is 14.1 Å². The summed E-state index contributed by atoms with van der Waals surface area (Å²) in [6, 6.07) is 5.96. The van der Waals surface area contributed by atoms with Gasteiger partial charge in [-0.25, -0.2) is 18.7 Å². The summed E-state index contributed by atoms with van der Waals surface area (Å²) >= 11 is 1.07. The summed E-state index contributed by atoms with van der Waals surface area (Å²) in [7, 11) is 3.86.